The van der Waals surface area contributed by atoms with E-state index < -0.39 is 20.2 Å². The molecular weight excluding hydrogens is 573 g/mol. The third kappa shape index (κ3) is 6.99. The standard InChI is InChI=1S/C30H39F2N8O2P/c1-7-41-43(42-8-2)38(6)13-14-39-12-11-25-21(18-39)9-10-27(35-25)36-30-33-17-24(32)28(37-30)22-15-23(31)29-26(16-22)40(19(3)4)20(5)34-29/h9-10,15-17,19H,7-8,11-14,18H2,1-6H3,(H,33,35,36,37). The molecule has 0 bridgehead atoms. The number of nitrogens with zero attached hydrogens (tertiary/aromatic N) is 7. The van der Waals surface area contributed by atoms with E-state index in [0.29, 0.717) is 35.9 Å². The zero-order chi connectivity index (χ0) is 30.7. The summed E-state index contributed by atoms with van der Waals surface area (Å²) in [6.07, 6.45) is 1.89. The predicted octanol–water partition coefficient (Wildman–Crippen LogP) is 6.39. The molecule has 3 aromatic heterocycles. The van der Waals surface area contributed by atoms with Crippen LogP contribution in [0.3, 0.4) is 0 Å². The number of benzene rings is 1. The van der Waals surface area contributed by atoms with Gasteiger partial charge in [0.2, 0.25) is 5.95 Å². The van der Waals surface area contributed by atoms with Crippen LogP contribution in [0.1, 0.15) is 50.8 Å². The van der Waals surface area contributed by atoms with Gasteiger partial charge in [0.15, 0.2) is 11.6 Å². The van der Waals surface area contributed by atoms with Crippen LogP contribution in [0.2, 0.25) is 0 Å². The van der Waals surface area contributed by atoms with E-state index in [0.717, 1.165) is 50.1 Å². The molecule has 13 heteroatoms. The first-order valence-electron chi connectivity index (χ1n) is 14.6. The minimum atomic E-state index is -1.03. The van der Waals surface area contributed by atoms with Crippen molar-refractivity contribution in [3.05, 3.63) is 59.2 Å². The monoisotopic (exact) mass is 612 g/mol. The summed E-state index contributed by atoms with van der Waals surface area (Å²) >= 11 is 0. The molecule has 0 unspecified atom stereocenters. The van der Waals surface area contributed by atoms with Crippen LogP contribution in [-0.2, 0) is 22.0 Å². The van der Waals surface area contributed by atoms with Gasteiger partial charge in [0.25, 0.3) is 8.53 Å². The van der Waals surface area contributed by atoms with Crippen molar-refractivity contribution in [3.8, 4) is 11.3 Å². The number of likely N-dealkylation sites (N-methyl/N-ethyl adjacent to an activating group) is 1. The number of halogens is 2. The molecule has 1 aliphatic rings. The fourth-order valence-corrected chi connectivity index (χ4v) is 6.52. The second-order valence-corrected chi connectivity index (χ2v) is 12.4. The van der Waals surface area contributed by atoms with Crippen molar-refractivity contribution < 1.29 is 17.8 Å². The normalized spacial score (nSPS) is 13.9. The summed E-state index contributed by atoms with van der Waals surface area (Å²) in [4.78, 5) is 20.1. The second kappa shape index (κ2) is 13.7. The van der Waals surface area contributed by atoms with E-state index in [1.165, 1.54) is 6.07 Å². The van der Waals surface area contributed by atoms with Gasteiger partial charge in [0.05, 0.1) is 24.9 Å². The van der Waals surface area contributed by atoms with Crippen LogP contribution < -0.4 is 5.32 Å². The van der Waals surface area contributed by atoms with Gasteiger partial charge < -0.3 is 18.9 Å². The third-order valence-corrected chi connectivity index (χ3v) is 9.04. The molecule has 10 nitrogen and oxygen atoms in total. The van der Waals surface area contributed by atoms with Gasteiger partial charge in [-0.05, 0) is 65.4 Å². The van der Waals surface area contributed by atoms with Crippen molar-refractivity contribution in [2.75, 3.05) is 45.2 Å². The molecule has 230 valence electrons. The van der Waals surface area contributed by atoms with Crippen LogP contribution in [0, 0.1) is 18.6 Å². The molecule has 0 saturated carbocycles. The number of pyridine rings is 1. The maximum absolute atomic E-state index is 15.1. The van der Waals surface area contributed by atoms with Crippen LogP contribution in [0.5, 0.6) is 0 Å². The molecule has 0 radical (unpaired) electrons. The van der Waals surface area contributed by atoms with Crippen molar-refractivity contribution in [3.63, 3.8) is 0 Å². The Kier molecular flexibility index (Phi) is 9.93. The van der Waals surface area contributed by atoms with Gasteiger partial charge in [0, 0.05) is 49.9 Å². The molecule has 0 amide bonds. The summed E-state index contributed by atoms with van der Waals surface area (Å²) in [6.45, 7) is 14.4. The number of hydrogen-bond acceptors (Lipinski definition) is 9. The first-order valence-corrected chi connectivity index (χ1v) is 15.8. The lowest BCUT2D eigenvalue weighted by Gasteiger charge is -2.31. The molecule has 5 rings (SSSR count). The van der Waals surface area contributed by atoms with Gasteiger partial charge in [-0.2, -0.15) is 0 Å². The summed E-state index contributed by atoms with van der Waals surface area (Å²) in [7, 11) is 1.00. The van der Waals surface area contributed by atoms with Crippen molar-refractivity contribution in [1.82, 2.24) is 34.1 Å². The van der Waals surface area contributed by atoms with E-state index >= 15 is 4.39 Å². The highest BCUT2D eigenvalue weighted by Gasteiger charge is 2.22. The molecule has 0 aliphatic carbocycles. The molecule has 0 fully saturated rings. The SMILES string of the molecule is CCOP(OCC)N(C)CCN1CCc2nc(Nc3ncc(F)c(-c4cc(F)c5nc(C)n(C(C)C)c5c4)n3)ccc2C1. The average Bonchev–Trinajstić information content (AvgIpc) is 3.33. The summed E-state index contributed by atoms with van der Waals surface area (Å²) in [6, 6.07) is 6.98. The summed E-state index contributed by atoms with van der Waals surface area (Å²) < 4.78 is 45.6. The highest BCUT2D eigenvalue weighted by Crippen LogP contribution is 2.41. The maximum Gasteiger partial charge on any atom is 0.258 e. The largest absolute Gasteiger partial charge is 0.326 e. The van der Waals surface area contributed by atoms with Crippen molar-refractivity contribution >= 4 is 31.3 Å². The van der Waals surface area contributed by atoms with Gasteiger partial charge >= 0.3 is 0 Å². The Morgan fingerprint density at radius 3 is 2.56 bits per heavy atom. The van der Waals surface area contributed by atoms with E-state index in [2.05, 4.69) is 35.9 Å². The maximum atomic E-state index is 15.1. The Labute approximate surface area is 252 Å². The zero-order valence-electron chi connectivity index (χ0n) is 25.6. The quantitative estimate of drug-likeness (QED) is 0.183. The van der Waals surface area contributed by atoms with E-state index in [1.807, 2.05) is 52.3 Å². The van der Waals surface area contributed by atoms with Gasteiger partial charge in [-0.25, -0.2) is 33.4 Å². The van der Waals surface area contributed by atoms with Gasteiger partial charge in [-0.3, -0.25) is 4.90 Å². The number of hydrogen-bond donors (Lipinski definition) is 1. The fraction of sp³-hybridized carbons (Fsp3) is 0.467. The molecular formula is C30H39F2N8O2P. The molecule has 0 spiro atoms. The molecule has 4 heterocycles. The van der Waals surface area contributed by atoms with Crippen LogP contribution >= 0.6 is 8.53 Å². The zero-order valence-corrected chi connectivity index (χ0v) is 26.5. The van der Waals surface area contributed by atoms with E-state index in [-0.39, 0.29) is 23.2 Å². The molecule has 0 atom stereocenters. The molecule has 1 N–H and O–H groups in total. The van der Waals surface area contributed by atoms with Gasteiger partial charge in [0.1, 0.15) is 22.9 Å². The Balaban J connectivity index is 1.29. The van der Waals surface area contributed by atoms with Crippen LogP contribution in [0.4, 0.5) is 20.5 Å². The smallest absolute Gasteiger partial charge is 0.258 e. The number of rotatable bonds is 12. The number of imidazole rings is 1. The Bertz CT molecular complexity index is 1580. The van der Waals surface area contributed by atoms with E-state index in [4.69, 9.17) is 14.0 Å². The highest BCUT2D eigenvalue weighted by molar-refractivity contribution is 7.44. The summed E-state index contributed by atoms with van der Waals surface area (Å²) in [5.41, 5.74) is 3.34. The first-order chi connectivity index (χ1) is 20.7. The van der Waals surface area contributed by atoms with Crippen LogP contribution in [0.25, 0.3) is 22.3 Å². The lowest BCUT2D eigenvalue weighted by atomic mass is 10.1. The van der Waals surface area contributed by atoms with Gasteiger partial charge in [-0.1, -0.05) is 6.07 Å². The topological polar surface area (TPSA) is 93.5 Å². The summed E-state index contributed by atoms with van der Waals surface area (Å²) in [5, 5.41) is 3.11. The molecule has 43 heavy (non-hydrogen) atoms. The fourth-order valence-electron chi connectivity index (χ4n) is 5.36. The Morgan fingerprint density at radius 1 is 1.07 bits per heavy atom. The van der Waals surface area contributed by atoms with E-state index in [1.54, 1.807) is 6.07 Å². The molecule has 4 aromatic rings. The van der Waals surface area contributed by atoms with Crippen LogP contribution in [0.15, 0.2) is 30.5 Å². The number of aryl methyl sites for hydroxylation is 1. The molecule has 0 saturated heterocycles. The summed E-state index contributed by atoms with van der Waals surface area (Å²) in [5.74, 6) is 0.273. The number of fused-ring (bicyclic) bond motifs is 2. The second-order valence-electron chi connectivity index (χ2n) is 10.7. The van der Waals surface area contributed by atoms with Crippen molar-refractivity contribution in [2.45, 2.75) is 53.6 Å². The lowest BCUT2D eigenvalue weighted by Crippen LogP contribution is -2.36. The predicted molar refractivity (Wildman–Crippen MR) is 165 cm³/mol. The third-order valence-electron chi connectivity index (χ3n) is 7.32. The van der Waals surface area contributed by atoms with Gasteiger partial charge in [-0.15, -0.1) is 0 Å². The lowest BCUT2D eigenvalue weighted by molar-refractivity contribution is 0.203. The average molecular weight is 613 g/mol. The van der Waals surface area contributed by atoms with Crippen LogP contribution in [-0.4, -0.2) is 74.0 Å². The molecule has 1 aromatic carbocycles. The van der Waals surface area contributed by atoms with Crippen molar-refractivity contribution in [1.29, 1.82) is 0 Å². The highest BCUT2D eigenvalue weighted by atomic mass is 31.2. The number of aromatic nitrogens is 5. The first kappa shape index (κ1) is 31.3. The van der Waals surface area contributed by atoms with E-state index in [9.17, 15) is 4.39 Å². The van der Waals surface area contributed by atoms with Crippen molar-refractivity contribution in [2.24, 2.45) is 0 Å². The minimum Gasteiger partial charge on any atom is -0.326 e. The Hall–Kier alpha value is -3.15. The Morgan fingerprint density at radius 2 is 1.84 bits per heavy atom. The number of nitrogens with one attached hydrogen (secondary N) is 1. The minimum absolute atomic E-state index is 0.00312. The molecule has 1 aliphatic heterocycles. The number of anilines is 2.